The maximum absolute atomic E-state index is 13.1. The first kappa shape index (κ1) is 12.4. The van der Waals surface area contributed by atoms with Crippen LogP contribution in [0.3, 0.4) is 0 Å². The van der Waals surface area contributed by atoms with Gasteiger partial charge in [0.05, 0.1) is 11.3 Å². The van der Waals surface area contributed by atoms with Gasteiger partial charge in [0.2, 0.25) is 0 Å². The number of carbonyl (C=O) groups excluding carboxylic acids is 1. The molecule has 4 rings (SSSR count). The van der Waals surface area contributed by atoms with Crippen LogP contribution in [-0.2, 0) is 0 Å². The average Bonchev–Trinajstić information content (AvgIpc) is 3.11. The van der Waals surface area contributed by atoms with E-state index in [1.165, 1.54) is 12.8 Å². The number of aryl methyl sites for hydroxylation is 1. The normalized spacial score (nSPS) is 29.6. The van der Waals surface area contributed by atoms with Gasteiger partial charge in [-0.2, -0.15) is 5.10 Å². The van der Waals surface area contributed by atoms with Gasteiger partial charge in [-0.3, -0.25) is 9.89 Å². The van der Waals surface area contributed by atoms with Gasteiger partial charge in [-0.05, 0) is 45.6 Å². The van der Waals surface area contributed by atoms with Crippen LogP contribution in [0.5, 0.6) is 0 Å². The Kier molecular flexibility index (Phi) is 2.84. The molecule has 2 saturated heterocycles. The molecule has 1 aromatic rings. The van der Waals surface area contributed by atoms with E-state index >= 15 is 0 Å². The smallest absolute Gasteiger partial charge is 0.258 e. The van der Waals surface area contributed by atoms with Crippen molar-refractivity contribution in [1.29, 1.82) is 0 Å². The third-order valence-corrected chi connectivity index (χ3v) is 5.04. The summed E-state index contributed by atoms with van der Waals surface area (Å²) in [6.07, 6.45) is 5.74. The first-order chi connectivity index (χ1) is 9.75. The van der Waals surface area contributed by atoms with E-state index in [9.17, 15) is 4.79 Å². The second-order valence-electron chi connectivity index (χ2n) is 6.47. The number of H-pyrrole nitrogens is 1. The standard InChI is InChI=1S/C15H22N4O/c1-9-13(14(18-17-9)10-2-3-10)15(20)19-11-4-5-12(19)8-16-7-6-11/h10-12,16H,2-8H2,1H3,(H,17,18)/t11-,12+/m1/s1. The zero-order valence-electron chi connectivity index (χ0n) is 12.0. The number of fused-ring (bicyclic) bond motifs is 2. The van der Waals surface area contributed by atoms with Crippen molar-refractivity contribution in [1.82, 2.24) is 20.4 Å². The van der Waals surface area contributed by atoms with E-state index in [0.717, 1.165) is 49.3 Å². The van der Waals surface area contributed by atoms with Gasteiger partial charge in [0.25, 0.3) is 5.91 Å². The molecule has 0 unspecified atom stereocenters. The number of nitrogens with zero attached hydrogens (tertiary/aromatic N) is 2. The summed E-state index contributed by atoms with van der Waals surface area (Å²) < 4.78 is 0. The summed E-state index contributed by atoms with van der Waals surface area (Å²) in [5.41, 5.74) is 2.82. The molecule has 2 N–H and O–H groups in total. The molecule has 3 heterocycles. The largest absolute Gasteiger partial charge is 0.331 e. The first-order valence-corrected chi connectivity index (χ1v) is 7.84. The molecule has 5 nitrogen and oxygen atoms in total. The summed E-state index contributed by atoms with van der Waals surface area (Å²) in [7, 11) is 0. The Morgan fingerprint density at radius 3 is 2.80 bits per heavy atom. The molecule has 1 amide bonds. The summed E-state index contributed by atoms with van der Waals surface area (Å²) in [5.74, 6) is 0.732. The number of amides is 1. The molecule has 0 spiro atoms. The minimum atomic E-state index is 0.217. The average molecular weight is 274 g/mol. The molecule has 2 aliphatic heterocycles. The molecule has 3 fully saturated rings. The summed E-state index contributed by atoms with van der Waals surface area (Å²) in [5, 5.41) is 10.9. The van der Waals surface area contributed by atoms with Gasteiger partial charge in [0, 0.05) is 30.2 Å². The van der Waals surface area contributed by atoms with E-state index in [-0.39, 0.29) is 5.91 Å². The maximum Gasteiger partial charge on any atom is 0.258 e. The summed E-state index contributed by atoms with van der Waals surface area (Å²) in [4.78, 5) is 15.2. The Balaban J connectivity index is 1.68. The van der Waals surface area contributed by atoms with Gasteiger partial charge in [-0.25, -0.2) is 0 Å². The molecule has 0 radical (unpaired) electrons. The van der Waals surface area contributed by atoms with E-state index in [4.69, 9.17) is 0 Å². The molecule has 3 aliphatic rings. The predicted octanol–water partition coefficient (Wildman–Crippen LogP) is 1.56. The highest BCUT2D eigenvalue weighted by Gasteiger charge is 2.41. The van der Waals surface area contributed by atoms with Crippen molar-refractivity contribution in [3.8, 4) is 0 Å². The van der Waals surface area contributed by atoms with Gasteiger partial charge in [0.15, 0.2) is 0 Å². The number of hydrogen-bond acceptors (Lipinski definition) is 3. The lowest BCUT2D eigenvalue weighted by Crippen LogP contribution is -2.43. The molecule has 108 valence electrons. The monoisotopic (exact) mass is 274 g/mol. The van der Waals surface area contributed by atoms with Crippen LogP contribution in [0, 0.1) is 6.92 Å². The minimum Gasteiger partial charge on any atom is -0.331 e. The van der Waals surface area contributed by atoms with Crippen molar-refractivity contribution in [2.75, 3.05) is 13.1 Å². The Hall–Kier alpha value is -1.36. The maximum atomic E-state index is 13.1. The number of rotatable bonds is 2. The molecule has 1 aromatic heterocycles. The quantitative estimate of drug-likeness (QED) is 0.860. The third kappa shape index (κ3) is 1.87. The van der Waals surface area contributed by atoms with Gasteiger partial charge in [-0.15, -0.1) is 0 Å². The van der Waals surface area contributed by atoms with Crippen molar-refractivity contribution in [2.24, 2.45) is 0 Å². The third-order valence-electron chi connectivity index (χ3n) is 5.04. The molecule has 0 aromatic carbocycles. The SMILES string of the molecule is Cc1[nH]nc(C2CC2)c1C(=O)N1[C@H]2CCNC[C@@H]1CC2. The molecule has 1 saturated carbocycles. The Morgan fingerprint density at radius 2 is 2.00 bits per heavy atom. The molecule has 1 aliphatic carbocycles. The zero-order chi connectivity index (χ0) is 13.7. The van der Waals surface area contributed by atoms with Crippen molar-refractivity contribution >= 4 is 5.91 Å². The molecule has 2 atom stereocenters. The van der Waals surface area contributed by atoms with Crippen LogP contribution >= 0.6 is 0 Å². The molecular weight excluding hydrogens is 252 g/mol. The van der Waals surface area contributed by atoms with E-state index < -0.39 is 0 Å². The van der Waals surface area contributed by atoms with Crippen LogP contribution in [0.25, 0.3) is 0 Å². The fraction of sp³-hybridized carbons (Fsp3) is 0.733. The Morgan fingerprint density at radius 1 is 1.20 bits per heavy atom. The van der Waals surface area contributed by atoms with E-state index in [1.54, 1.807) is 0 Å². The van der Waals surface area contributed by atoms with Crippen LogP contribution in [-0.4, -0.2) is 46.2 Å². The first-order valence-electron chi connectivity index (χ1n) is 7.84. The lowest BCUT2D eigenvalue weighted by Gasteiger charge is -2.28. The van der Waals surface area contributed by atoms with Crippen LogP contribution in [0.2, 0.25) is 0 Å². The molecule has 5 heteroatoms. The highest BCUT2D eigenvalue weighted by Crippen LogP contribution is 2.42. The van der Waals surface area contributed by atoms with E-state index in [0.29, 0.717) is 18.0 Å². The number of aromatic nitrogens is 2. The van der Waals surface area contributed by atoms with Crippen molar-refractivity contribution in [3.63, 3.8) is 0 Å². The van der Waals surface area contributed by atoms with E-state index in [1.807, 2.05) is 6.92 Å². The summed E-state index contributed by atoms with van der Waals surface area (Å²) >= 11 is 0. The van der Waals surface area contributed by atoms with Gasteiger partial charge in [0.1, 0.15) is 0 Å². The second-order valence-corrected chi connectivity index (χ2v) is 6.47. The minimum absolute atomic E-state index is 0.217. The Bertz CT molecular complexity index is 520. The zero-order valence-corrected chi connectivity index (χ0v) is 12.0. The second kappa shape index (κ2) is 4.58. The Labute approximate surface area is 119 Å². The van der Waals surface area contributed by atoms with E-state index in [2.05, 4.69) is 20.4 Å². The topological polar surface area (TPSA) is 61.0 Å². The highest BCUT2D eigenvalue weighted by atomic mass is 16.2. The number of nitrogens with one attached hydrogen (secondary N) is 2. The molecule has 2 bridgehead atoms. The van der Waals surface area contributed by atoms with Crippen LogP contribution in [0.4, 0.5) is 0 Å². The van der Waals surface area contributed by atoms with Gasteiger partial charge in [-0.1, -0.05) is 0 Å². The molecular formula is C15H22N4O. The summed E-state index contributed by atoms with van der Waals surface area (Å²) in [6.45, 7) is 3.95. The predicted molar refractivity (Wildman–Crippen MR) is 75.8 cm³/mol. The van der Waals surface area contributed by atoms with Crippen LogP contribution in [0.15, 0.2) is 0 Å². The lowest BCUT2D eigenvalue weighted by atomic mass is 10.1. The number of aromatic amines is 1. The van der Waals surface area contributed by atoms with Gasteiger partial charge >= 0.3 is 0 Å². The summed E-state index contributed by atoms with van der Waals surface area (Å²) in [6, 6.07) is 0.792. The fourth-order valence-electron chi connectivity index (χ4n) is 3.81. The lowest BCUT2D eigenvalue weighted by molar-refractivity contribution is 0.0678. The van der Waals surface area contributed by atoms with Gasteiger partial charge < -0.3 is 10.2 Å². The highest BCUT2D eigenvalue weighted by molar-refractivity contribution is 5.97. The van der Waals surface area contributed by atoms with Crippen LogP contribution < -0.4 is 5.32 Å². The van der Waals surface area contributed by atoms with Crippen molar-refractivity contribution in [3.05, 3.63) is 17.0 Å². The number of hydrogen-bond donors (Lipinski definition) is 2. The fourth-order valence-corrected chi connectivity index (χ4v) is 3.81. The van der Waals surface area contributed by atoms with Crippen LogP contribution in [0.1, 0.15) is 59.8 Å². The number of carbonyl (C=O) groups is 1. The van der Waals surface area contributed by atoms with Crippen molar-refractivity contribution < 1.29 is 4.79 Å². The molecule has 20 heavy (non-hydrogen) atoms. The van der Waals surface area contributed by atoms with Crippen molar-refractivity contribution in [2.45, 2.75) is 57.0 Å².